The second-order valence-corrected chi connectivity index (χ2v) is 7.80. The Morgan fingerprint density at radius 3 is 2.52 bits per heavy atom. The molecule has 0 bridgehead atoms. The van der Waals surface area contributed by atoms with Gasteiger partial charge in [0.15, 0.2) is 0 Å². The van der Waals surface area contributed by atoms with Crippen LogP contribution in [-0.2, 0) is 16.9 Å². The van der Waals surface area contributed by atoms with Crippen LogP contribution in [0.1, 0.15) is 25.0 Å². The molecule has 1 aromatic heterocycles. The minimum Gasteiger partial charge on any atom is -0.445 e. The quantitative estimate of drug-likeness (QED) is 0.477. The lowest BCUT2D eigenvalue weighted by Crippen LogP contribution is -2.41. The van der Waals surface area contributed by atoms with Crippen molar-refractivity contribution in [3.63, 3.8) is 0 Å². The van der Waals surface area contributed by atoms with Gasteiger partial charge in [0.25, 0.3) is 0 Å². The molecule has 0 aliphatic carbocycles. The molecule has 0 saturated heterocycles. The first-order valence-corrected chi connectivity index (χ1v) is 9.62. The Hall–Kier alpha value is -2.63. The number of carbonyl (C=O) groups is 1. The van der Waals surface area contributed by atoms with Gasteiger partial charge in [-0.3, -0.25) is 0 Å². The average Bonchev–Trinajstić information content (AvgIpc) is 2.68. The molecule has 2 aromatic carbocycles. The molecule has 1 amide bonds. The zero-order valence-electron chi connectivity index (χ0n) is 15.9. The zero-order valence-corrected chi connectivity index (χ0v) is 17.4. The lowest BCUT2D eigenvalue weighted by atomic mass is 9.94. The molecule has 29 heavy (non-hydrogen) atoms. The molecule has 0 aliphatic rings. The topological polar surface area (TPSA) is 51.2 Å². The highest BCUT2D eigenvalue weighted by molar-refractivity contribution is 6.31. The van der Waals surface area contributed by atoms with Crippen molar-refractivity contribution in [1.82, 2.24) is 10.3 Å². The summed E-state index contributed by atoms with van der Waals surface area (Å²) in [7, 11) is 0. The zero-order chi connectivity index (χ0) is 21.0. The minimum atomic E-state index is -0.793. The van der Waals surface area contributed by atoms with Crippen LogP contribution in [-0.4, -0.2) is 11.1 Å². The third kappa shape index (κ3) is 5.46. The van der Waals surface area contributed by atoms with Crippen molar-refractivity contribution < 1.29 is 13.9 Å². The summed E-state index contributed by atoms with van der Waals surface area (Å²) in [6.07, 6.45) is -0.557. The summed E-state index contributed by atoms with van der Waals surface area (Å²) in [4.78, 5) is 16.6. The van der Waals surface area contributed by atoms with Gasteiger partial charge in [-0.2, -0.15) is 0 Å². The van der Waals surface area contributed by atoms with E-state index in [2.05, 4.69) is 10.3 Å². The molecule has 7 heteroatoms. The van der Waals surface area contributed by atoms with E-state index in [0.717, 1.165) is 5.56 Å². The smallest absolute Gasteiger partial charge is 0.408 e. The van der Waals surface area contributed by atoms with Crippen molar-refractivity contribution in [2.24, 2.45) is 0 Å². The number of aromatic nitrogens is 1. The Labute approximate surface area is 178 Å². The number of rotatable bonds is 5. The predicted octanol–water partition coefficient (Wildman–Crippen LogP) is 6.36. The minimum absolute atomic E-state index is 0.00676. The first-order valence-electron chi connectivity index (χ1n) is 8.87. The highest BCUT2D eigenvalue weighted by Crippen LogP contribution is 2.29. The van der Waals surface area contributed by atoms with E-state index in [9.17, 15) is 9.18 Å². The molecule has 0 radical (unpaired) electrons. The first-order chi connectivity index (χ1) is 13.7. The number of alkyl carbamates (subject to hydrolysis) is 1. The Morgan fingerprint density at radius 2 is 1.83 bits per heavy atom. The summed E-state index contributed by atoms with van der Waals surface area (Å²) in [6, 6.07) is 17.1. The summed E-state index contributed by atoms with van der Waals surface area (Å²) in [5.74, 6) is -0.513. The van der Waals surface area contributed by atoms with E-state index in [1.54, 1.807) is 18.2 Å². The number of hydrogen-bond donors (Lipinski definition) is 1. The predicted molar refractivity (Wildman–Crippen MR) is 112 cm³/mol. The third-order valence-electron chi connectivity index (χ3n) is 4.36. The summed E-state index contributed by atoms with van der Waals surface area (Å²) >= 11 is 12.1. The molecular formula is C22H19Cl2FN2O2. The van der Waals surface area contributed by atoms with Crippen molar-refractivity contribution in [3.8, 4) is 11.3 Å². The summed E-state index contributed by atoms with van der Waals surface area (Å²) in [6.45, 7) is 3.81. The van der Waals surface area contributed by atoms with Crippen LogP contribution in [0.3, 0.4) is 0 Å². The van der Waals surface area contributed by atoms with Crippen molar-refractivity contribution in [2.75, 3.05) is 0 Å². The molecule has 0 atom stereocenters. The van der Waals surface area contributed by atoms with Gasteiger partial charge in [-0.05, 0) is 55.3 Å². The van der Waals surface area contributed by atoms with Gasteiger partial charge in [0.1, 0.15) is 17.6 Å². The lowest BCUT2D eigenvalue weighted by Gasteiger charge is -2.27. The molecule has 0 fully saturated rings. The number of hydrogen-bond acceptors (Lipinski definition) is 3. The van der Waals surface area contributed by atoms with E-state index in [0.29, 0.717) is 16.8 Å². The maximum absolute atomic E-state index is 13.5. The molecule has 150 valence electrons. The number of nitrogens with one attached hydrogen (secondary N) is 1. The molecule has 4 nitrogen and oxygen atoms in total. The summed E-state index contributed by atoms with van der Waals surface area (Å²) in [5.41, 5.74) is 1.94. The fourth-order valence-electron chi connectivity index (χ4n) is 2.75. The number of amides is 1. The molecule has 3 rings (SSSR count). The van der Waals surface area contributed by atoms with Gasteiger partial charge in [0, 0.05) is 5.56 Å². The van der Waals surface area contributed by atoms with Crippen LogP contribution < -0.4 is 5.32 Å². The third-order valence-corrected chi connectivity index (χ3v) is 4.84. The standard InChI is InChI=1S/C22H19Cl2FN2O2/c1-22(2,27-21(28)29-13-14-6-4-3-5-7-14)16-11-19(26-20(24)12-16)15-8-9-18(25)17(23)10-15/h3-12H,13H2,1-2H3,(H,27,28). The van der Waals surface area contributed by atoms with Crippen LogP contribution >= 0.6 is 23.2 Å². The fraction of sp³-hybridized carbons (Fsp3) is 0.182. The molecular weight excluding hydrogens is 414 g/mol. The van der Waals surface area contributed by atoms with Crippen molar-refractivity contribution >= 4 is 29.3 Å². The lowest BCUT2D eigenvalue weighted by molar-refractivity contribution is 0.129. The molecule has 3 aromatic rings. The van der Waals surface area contributed by atoms with Crippen molar-refractivity contribution in [3.05, 3.63) is 87.8 Å². The number of nitrogens with zero attached hydrogens (tertiary/aromatic N) is 1. The van der Waals surface area contributed by atoms with Crippen molar-refractivity contribution in [1.29, 1.82) is 0 Å². The molecule has 0 unspecified atom stereocenters. The van der Waals surface area contributed by atoms with E-state index in [-0.39, 0.29) is 16.8 Å². The van der Waals surface area contributed by atoms with Gasteiger partial charge in [-0.25, -0.2) is 14.2 Å². The van der Waals surface area contributed by atoms with Crippen LogP contribution in [0.4, 0.5) is 9.18 Å². The van der Waals surface area contributed by atoms with E-state index in [1.165, 1.54) is 12.1 Å². The fourth-order valence-corrected chi connectivity index (χ4v) is 3.14. The SMILES string of the molecule is CC(C)(NC(=O)OCc1ccccc1)c1cc(Cl)nc(-c2ccc(F)c(Cl)c2)c1. The van der Waals surface area contributed by atoms with Gasteiger partial charge >= 0.3 is 6.09 Å². The second kappa shape index (κ2) is 8.80. The van der Waals surface area contributed by atoms with Gasteiger partial charge in [0.2, 0.25) is 0 Å². The van der Waals surface area contributed by atoms with Crippen LogP contribution in [0.25, 0.3) is 11.3 Å². The molecule has 0 saturated carbocycles. The van der Waals surface area contributed by atoms with Gasteiger partial charge < -0.3 is 10.1 Å². The Kier molecular flexibility index (Phi) is 6.40. The average molecular weight is 433 g/mol. The Bertz CT molecular complexity index is 1030. The van der Waals surface area contributed by atoms with E-state index in [4.69, 9.17) is 27.9 Å². The number of pyridine rings is 1. The number of benzene rings is 2. The molecule has 1 N–H and O–H groups in total. The highest BCUT2D eigenvalue weighted by atomic mass is 35.5. The number of carbonyl (C=O) groups excluding carboxylic acids is 1. The highest BCUT2D eigenvalue weighted by Gasteiger charge is 2.25. The first kappa shape index (κ1) is 21.1. The van der Waals surface area contributed by atoms with E-state index >= 15 is 0 Å². The second-order valence-electron chi connectivity index (χ2n) is 7.00. The maximum atomic E-state index is 13.5. The summed E-state index contributed by atoms with van der Waals surface area (Å²) < 4.78 is 18.8. The van der Waals surface area contributed by atoms with Crippen molar-refractivity contribution in [2.45, 2.75) is 26.0 Å². The molecule has 1 heterocycles. The largest absolute Gasteiger partial charge is 0.445 e. The number of halogens is 3. The van der Waals surface area contributed by atoms with Gasteiger partial charge in [-0.1, -0.05) is 53.5 Å². The Morgan fingerprint density at radius 1 is 1.10 bits per heavy atom. The van der Waals surface area contributed by atoms with Crippen LogP contribution in [0.15, 0.2) is 60.7 Å². The van der Waals surface area contributed by atoms with Gasteiger partial charge in [-0.15, -0.1) is 0 Å². The van der Waals surface area contributed by atoms with E-state index in [1.807, 2.05) is 44.2 Å². The van der Waals surface area contributed by atoms with Crippen LogP contribution in [0.5, 0.6) is 0 Å². The van der Waals surface area contributed by atoms with E-state index < -0.39 is 17.4 Å². The Balaban J connectivity index is 1.78. The van der Waals surface area contributed by atoms with Gasteiger partial charge in [0.05, 0.1) is 16.3 Å². The molecule has 0 aliphatic heterocycles. The summed E-state index contributed by atoms with van der Waals surface area (Å²) in [5, 5.41) is 3.07. The van der Waals surface area contributed by atoms with Crippen LogP contribution in [0.2, 0.25) is 10.2 Å². The maximum Gasteiger partial charge on any atom is 0.408 e. The monoisotopic (exact) mass is 432 g/mol. The molecule has 0 spiro atoms. The normalized spacial score (nSPS) is 11.2. The van der Waals surface area contributed by atoms with Crippen LogP contribution in [0, 0.1) is 5.82 Å². The number of ether oxygens (including phenoxy) is 1.